The summed E-state index contributed by atoms with van der Waals surface area (Å²) in [4.78, 5) is 22.8. The summed E-state index contributed by atoms with van der Waals surface area (Å²) in [6, 6.07) is 5.06. The van der Waals surface area contributed by atoms with E-state index >= 15 is 0 Å². The molecule has 0 saturated carbocycles. The Labute approximate surface area is 83.5 Å². The minimum atomic E-state index is -0.622. The van der Waals surface area contributed by atoms with Crippen LogP contribution in [0, 0.1) is 0 Å². The smallest absolute Gasteiger partial charge is 0.422 e. The van der Waals surface area contributed by atoms with Crippen LogP contribution in [-0.4, -0.2) is 11.2 Å². The Balaban J connectivity index is 2.65. The van der Waals surface area contributed by atoms with Crippen molar-refractivity contribution in [2.75, 3.05) is 6.61 Å². The highest BCUT2D eigenvalue weighted by Crippen LogP contribution is 2.24. The van der Waals surface area contributed by atoms with Crippen LogP contribution in [0.1, 0.15) is 0 Å². The highest BCUT2D eigenvalue weighted by Gasteiger charge is 2.17. The quantitative estimate of drug-likeness (QED) is 0.622. The van der Waals surface area contributed by atoms with Gasteiger partial charge in [0, 0.05) is 0 Å². The summed E-state index contributed by atoms with van der Waals surface area (Å²) in [6.45, 7) is 0.829. The van der Waals surface area contributed by atoms with Crippen LogP contribution in [0.2, 0.25) is 0 Å². The Bertz CT molecular complexity index is 653. The molecule has 0 radical (unpaired) electrons. The van der Waals surface area contributed by atoms with E-state index in [1.165, 1.54) is 4.57 Å². The molecule has 0 spiro atoms. The van der Waals surface area contributed by atoms with Gasteiger partial charge in [-0.05, 0) is 12.1 Å². The number of nitrogens with zero attached hydrogens (tertiary/aromatic N) is 1. The number of benzene rings is 1. The average molecular weight is 205 g/mol. The lowest BCUT2D eigenvalue weighted by molar-refractivity contribution is 0.269. The van der Waals surface area contributed by atoms with E-state index in [2.05, 4.69) is 4.42 Å². The van der Waals surface area contributed by atoms with Crippen molar-refractivity contribution in [2.24, 2.45) is 0 Å². The van der Waals surface area contributed by atoms with Gasteiger partial charge in [0.15, 0.2) is 0 Å². The van der Waals surface area contributed by atoms with Crippen LogP contribution in [0.25, 0.3) is 10.9 Å². The first-order valence-corrected chi connectivity index (χ1v) is 4.57. The molecule has 2 heterocycles. The molecule has 0 saturated heterocycles. The van der Waals surface area contributed by atoms with Gasteiger partial charge in [0.2, 0.25) is 0 Å². The first kappa shape index (κ1) is 8.28. The van der Waals surface area contributed by atoms with Gasteiger partial charge < -0.3 is 9.15 Å². The minimum absolute atomic E-state index is 0.381. The molecule has 1 aromatic heterocycles. The van der Waals surface area contributed by atoms with Gasteiger partial charge >= 0.3 is 11.4 Å². The monoisotopic (exact) mass is 205 g/mol. The summed E-state index contributed by atoms with van der Waals surface area (Å²) >= 11 is 0. The minimum Gasteiger partial charge on any atom is -0.490 e. The predicted octanol–water partition coefficient (Wildman–Crippen LogP) is 0.347. The Morgan fingerprint density at radius 2 is 2.13 bits per heavy atom. The Kier molecular flexibility index (Phi) is 1.50. The summed E-state index contributed by atoms with van der Waals surface area (Å²) in [7, 11) is 0. The lowest BCUT2D eigenvalue weighted by Crippen LogP contribution is -2.30. The highest BCUT2D eigenvalue weighted by molar-refractivity contribution is 5.84. The lowest BCUT2D eigenvalue weighted by atomic mass is 10.2. The van der Waals surface area contributed by atoms with Gasteiger partial charge in [-0.3, -0.25) is 4.57 Å². The lowest BCUT2D eigenvalue weighted by Gasteiger charge is -2.17. The van der Waals surface area contributed by atoms with Gasteiger partial charge in [-0.15, -0.1) is 0 Å². The Morgan fingerprint density at radius 1 is 1.27 bits per heavy atom. The van der Waals surface area contributed by atoms with Crippen LogP contribution >= 0.6 is 0 Å². The van der Waals surface area contributed by atoms with E-state index in [0.29, 0.717) is 29.8 Å². The molecule has 0 unspecified atom stereocenters. The summed E-state index contributed by atoms with van der Waals surface area (Å²) < 4.78 is 11.4. The molecule has 3 rings (SSSR count). The van der Waals surface area contributed by atoms with Crippen LogP contribution in [-0.2, 0) is 6.54 Å². The predicted molar refractivity (Wildman–Crippen MR) is 52.2 cm³/mol. The van der Waals surface area contributed by atoms with Crippen molar-refractivity contribution in [3.8, 4) is 5.75 Å². The van der Waals surface area contributed by atoms with Crippen molar-refractivity contribution in [1.82, 2.24) is 4.57 Å². The van der Waals surface area contributed by atoms with Crippen molar-refractivity contribution in [1.29, 1.82) is 0 Å². The van der Waals surface area contributed by atoms with E-state index in [1.54, 1.807) is 18.2 Å². The van der Waals surface area contributed by atoms with Crippen LogP contribution in [0.3, 0.4) is 0 Å². The Hall–Kier alpha value is -2.04. The average Bonchev–Trinajstić information content (AvgIpc) is 2.25. The van der Waals surface area contributed by atoms with Gasteiger partial charge in [-0.2, -0.15) is 0 Å². The second-order valence-electron chi connectivity index (χ2n) is 3.31. The standard InChI is InChI=1S/C10H7NO4/c12-9-6-2-1-3-7-8(6)11(4-5-14-7)10(13)15-9/h1-3H,4-5H2. The molecule has 1 aromatic carbocycles. The summed E-state index contributed by atoms with van der Waals surface area (Å²) in [5.74, 6) is -0.0630. The van der Waals surface area contributed by atoms with Crippen molar-refractivity contribution in [2.45, 2.75) is 6.54 Å². The SMILES string of the molecule is O=c1oc(=O)n2c3c(cccc13)OCC2. The maximum atomic E-state index is 11.4. The fourth-order valence-corrected chi connectivity index (χ4v) is 1.81. The molecule has 5 nitrogen and oxygen atoms in total. The fraction of sp³-hybridized carbons (Fsp3) is 0.200. The van der Waals surface area contributed by atoms with Gasteiger partial charge in [0.1, 0.15) is 17.9 Å². The van der Waals surface area contributed by atoms with Crippen molar-refractivity contribution >= 4 is 10.9 Å². The van der Waals surface area contributed by atoms with Crippen molar-refractivity contribution in [3.05, 3.63) is 39.2 Å². The van der Waals surface area contributed by atoms with Crippen molar-refractivity contribution < 1.29 is 9.15 Å². The zero-order chi connectivity index (χ0) is 10.4. The highest BCUT2D eigenvalue weighted by atomic mass is 16.5. The molecule has 0 fully saturated rings. The first-order valence-electron chi connectivity index (χ1n) is 4.57. The third-order valence-electron chi connectivity index (χ3n) is 2.46. The van der Waals surface area contributed by atoms with E-state index in [1.807, 2.05) is 0 Å². The Morgan fingerprint density at radius 3 is 3.00 bits per heavy atom. The number of hydrogen-bond donors (Lipinski definition) is 0. The third-order valence-corrected chi connectivity index (χ3v) is 2.46. The van der Waals surface area contributed by atoms with E-state index in [4.69, 9.17) is 4.74 Å². The molecule has 0 atom stereocenters. The number of ether oxygens (including phenoxy) is 1. The molecular weight excluding hydrogens is 198 g/mol. The molecule has 0 aliphatic carbocycles. The molecule has 1 aliphatic rings. The van der Waals surface area contributed by atoms with Crippen LogP contribution < -0.4 is 16.1 Å². The molecule has 0 N–H and O–H groups in total. The maximum Gasteiger partial charge on any atom is 0.422 e. The number of para-hydroxylation sites is 1. The van der Waals surface area contributed by atoms with Gasteiger partial charge in [0.05, 0.1) is 11.9 Å². The molecule has 15 heavy (non-hydrogen) atoms. The van der Waals surface area contributed by atoms with Gasteiger partial charge in [0.25, 0.3) is 0 Å². The molecule has 1 aliphatic heterocycles. The zero-order valence-corrected chi connectivity index (χ0v) is 7.73. The topological polar surface area (TPSA) is 61.4 Å². The molecule has 0 bridgehead atoms. The maximum absolute atomic E-state index is 11.4. The van der Waals surface area contributed by atoms with Crippen molar-refractivity contribution in [3.63, 3.8) is 0 Å². The van der Waals surface area contributed by atoms with E-state index in [9.17, 15) is 9.59 Å². The van der Waals surface area contributed by atoms with E-state index in [0.717, 1.165) is 0 Å². The van der Waals surface area contributed by atoms with E-state index in [-0.39, 0.29) is 0 Å². The zero-order valence-electron chi connectivity index (χ0n) is 7.73. The van der Waals surface area contributed by atoms with Gasteiger partial charge in [-0.1, -0.05) is 6.07 Å². The second-order valence-corrected chi connectivity index (χ2v) is 3.31. The molecule has 0 amide bonds. The number of hydrogen-bond acceptors (Lipinski definition) is 4. The van der Waals surface area contributed by atoms with Crippen LogP contribution in [0.5, 0.6) is 5.75 Å². The fourth-order valence-electron chi connectivity index (χ4n) is 1.81. The van der Waals surface area contributed by atoms with Crippen LogP contribution in [0.4, 0.5) is 0 Å². The van der Waals surface area contributed by atoms with Crippen LogP contribution in [0.15, 0.2) is 32.2 Å². The summed E-state index contributed by atoms with van der Waals surface area (Å²) in [6.07, 6.45) is 0. The largest absolute Gasteiger partial charge is 0.490 e. The molecule has 76 valence electrons. The number of rotatable bonds is 0. The molecule has 2 aromatic rings. The first-order chi connectivity index (χ1) is 7.27. The summed E-state index contributed by atoms with van der Waals surface area (Å²) in [5.41, 5.74) is -0.0800. The summed E-state index contributed by atoms with van der Waals surface area (Å²) in [5, 5.41) is 0.381. The molecule has 5 heteroatoms. The number of aromatic nitrogens is 1. The van der Waals surface area contributed by atoms with Gasteiger partial charge in [-0.25, -0.2) is 9.59 Å². The second kappa shape index (κ2) is 2.73. The molecular formula is C10H7NO4. The third kappa shape index (κ3) is 1.03. The normalized spacial score (nSPS) is 13.9. The van der Waals surface area contributed by atoms with E-state index < -0.39 is 11.4 Å².